The van der Waals surface area contributed by atoms with Crippen LogP contribution in [0.3, 0.4) is 0 Å². The number of nitrogens with two attached hydrogens (primary N) is 7. The second-order valence-electron chi connectivity index (χ2n) is 5.91. The summed E-state index contributed by atoms with van der Waals surface area (Å²) in [5.74, 6) is -1.53. The number of nitrogens with one attached hydrogen (secondary N) is 2. The fraction of sp³-hybridized carbons (Fsp3) is 0.643. The molecular formula is C14H32N12O3. The second kappa shape index (κ2) is 14.6. The molecule has 0 saturated heterocycles. The van der Waals surface area contributed by atoms with Crippen molar-refractivity contribution in [3.63, 3.8) is 0 Å². The van der Waals surface area contributed by atoms with Crippen molar-refractivity contribution in [1.29, 1.82) is 0 Å². The number of primary amides is 1. The van der Waals surface area contributed by atoms with Crippen LogP contribution in [0.15, 0.2) is 15.1 Å². The van der Waals surface area contributed by atoms with E-state index < -0.39 is 23.9 Å². The van der Waals surface area contributed by atoms with Crippen molar-refractivity contribution in [2.45, 2.75) is 37.8 Å². The molecule has 0 aromatic rings. The van der Waals surface area contributed by atoms with Crippen molar-refractivity contribution in [2.24, 2.45) is 55.3 Å². The predicted octanol–water partition coefficient (Wildman–Crippen LogP) is -4.82. The number of oxime groups is 1. The molecule has 2 amide bonds. The number of hydrogen-bond acceptors (Lipinski definition) is 7. The van der Waals surface area contributed by atoms with Gasteiger partial charge in [0.15, 0.2) is 18.6 Å². The Morgan fingerprint density at radius 1 is 0.793 bits per heavy atom. The first-order valence-electron chi connectivity index (χ1n) is 8.78. The van der Waals surface area contributed by atoms with E-state index in [4.69, 9.17) is 45.0 Å². The fourth-order valence-corrected chi connectivity index (χ4v) is 2.14. The minimum atomic E-state index is -0.891. The van der Waals surface area contributed by atoms with Crippen LogP contribution in [0.5, 0.6) is 0 Å². The largest absolute Gasteiger partial charge is 0.377 e. The van der Waals surface area contributed by atoms with Gasteiger partial charge in [-0.25, -0.2) is 0 Å². The molecule has 29 heavy (non-hydrogen) atoms. The van der Waals surface area contributed by atoms with Crippen LogP contribution in [0, 0.1) is 0 Å². The van der Waals surface area contributed by atoms with Crippen LogP contribution in [0.25, 0.3) is 0 Å². The fourth-order valence-electron chi connectivity index (χ4n) is 2.14. The van der Waals surface area contributed by atoms with Gasteiger partial charge in [0, 0.05) is 13.1 Å². The zero-order chi connectivity index (χ0) is 22.2. The lowest BCUT2D eigenvalue weighted by Gasteiger charge is -2.21. The summed E-state index contributed by atoms with van der Waals surface area (Å²) in [6.07, 6.45) is 1.54. The van der Waals surface area contributed by atoms with Gasteiger partial charge in [-0.1, -0.05) is 0 Å². The number of hydrogen-bond donors (Lipinski definition) is 9. The molecule has 0 saturated carbocycles. The molecule has 15 heteroatoms. The summed E-state index contributed by atoms with van der Waals surface area (Å²) >= 11 is 0. The summed E-state index contributed by atoms with van der Waals surface area (Å²) in [6.45, 7) is 0.471. The lowest BCUT2D eigenvalue weighted by molar-refractivity contribution is -0.129. The Morgan fingerprint density at radius 2 is 1.31 bits per heavy atom. The van der Waals surface area contributed by atoms with E-state index in [2.05, 4.69) is 25.8 Å². The first-order valence-corrected chi connectivity index (χ1v) is 8.78. The van der Waals surface area contributed by atoms with Crippen molar-refractivity contribution in [3.8, 4) is 0 Å². The van der Waals surface area contributed by atoms with E-state index in [-0.39, 0.29) is 31.0 Å². The highest BCUT2D eigenvalue weighted by Gasteiger charge is 2.23. The zero-order valence-corrected chi connectivity index (χ0v) is 16.2. The third-order valence-corrected chi connectivity index (χ3v) is 3.43. The number of aliphatic imine (C=N–C) groups is 2. The molecule has 0 aliphatic carbocycles. The molecule has 0 radical (unpaired) electrons. The lowest BCUT2D eigenvalue weighted by atomic mass is 10.1. The smallest absolute Gasteiger partial charge is 0.240 e. The van der Waals surface area contributed by atoms with E-state index in [9.17, 15) is 9.59 Å². The van der Waals surface area contributed by atoms with Crippen LogP contribution in [-0.2, 0) is 14.4 Å². The van der Waals surface area contributed by atoms with Crippen molar-refractivity contribution in [2.75, 3.05) is 19.8 Å². The van der Waals surface area contributed by atoms with Gasteiger partial charge >= 0.3 is 0 Å². The molecular weight excluding hydrogens is 384 g/mol. The Balaban J connectivity index is 4.82. The van der Waals surface area contributed by atoms with Gasteiger partial charge in [-0.15, -0.1) is 0 Å². The van der Waals surface area contributed by atoms with Crippen molar-refractivity contribution in [1.82, 2.24) is 10.6 Å². The first kappa shape index (κ1) is 25.5. The maximum atomic E-state index is 12.6. The van der Waals surface area contributed by atoms with Crippen LogP contribution < -0.4 is 50.8 Å². The number of carbonyl (C=O) groups is 2. The van der Waals surface area contributed by atoms with Crippen molar-refractivity contribution < 1.29 is 14.4 Å². The van der Waals surface area contributed by atoms with Gasteiger partial charge in [0.25, 0.3) is 0 Å². The average Bonchev–Trinajstić information content (AvgIpc) is 2.61. The highest BCUT2D eigenvalue weighted by Crippen LogP contribution is 2.03. The molecule has 0 aliphatic rings. The third-order valence-electron chi connectivity index (χ3n) is 3.43. The number of guanidine groups is 3. The van der Waals surface area contributed by atoms with Gasteiger partial charge in [-0.05, 0) is 30.8 Å². The number of amides is 2. The van der Waals surface area contributed by atoms with E-state index >= 15 is 0 Å². The Labute approximate surface area is 168 Å². The molecule has 0 aromatic heterocycles. The van der Waals surface area contributed by atoms with Gasteiger partial charge in [0.2, 0.25) is 17.8 Å². The number of nitrogens with zero attached hydrogens (tertiary/aromatic N) is 3. The summed E-state index contributed by atoms with van der Waals surface area (Å²) in [5.41, 5.74) is 36.7. The van der Waals surface area contributed by atoms with Crippen LogP contribution >= 0.6 is 0 Å². The van der Waals surface area contributed by atoms with Crippen molar-refractivity contribution >= 4 is 29.7 Å². The maximum absolute atomic E-state index is 12.6. The summed E-state index contributed by atoms with van der Waals surface area (Å²) in [4.78, 5) is 36.7. The van der Waals surface area contributed by atoms with E-state index in [1.807, 2.05) is 0 Å². The molecule has 0 rings (SSSR count). The first-order chi connectivity index (χ1) is 13.6. The molecule has 0 aliphatic heterocycles. The monoisotopic (exact) mass is 416 g/mol. The minimum Gasteiger partial charge on any atom is -0.377 e. The van der Waals surface area contributed by atoms with Crippen molar-refractivity contribution in [3.05, 3.63) is 0 Å². The minimum absolute atomic E-state index is 0.0513. The Hall–Kier alpha value is -3.49. The van der Waals surface area contributed by atoms with Gasteiger partial charge in [-0.2, -0.15) is 0 Å². The Bertz CT molecular complexity index is 571. The van der Waals surface area contributed by atoms with Gasteiger partial charge < -0.3 is 50.3 Å². The quantitative estimate of drug-likeness (QED) is 0.0403. The molecule has 15 nitrogen and oxygen atoms in total. The normalized spacial score (nSPS) is 12.1. The van der Waals surface area contributed by atoms with E-state index in [0.717, 1.165) is 0 Å². The standard InChI is InChI=1S/C14H32N12O3/c15-10(27)8(3-1-5-22-12(16)17)25-11(28)9(4-2-6-23-13(18)19)24-7-29-26-14(20)21/h8-9,24H,1-7H2,(H2,15,27)(H,25,28)(H4,16,17,22)(H4,18,19,23)(H4,20,21,26). The van der Waals surface area contributed by atoms with Gasteiger partial charge in [-0.3, -0.25) is 24.9 Å². The highest BCUT2D eigenvalue weighted by molar-refractivity contribution is 5.89. The summed E-state index contributed by atoms with van der Waals surface area (Å²) < 4.78 is 0. The molecule has 16 N–H and O–H groups in total. The molecule has 0 heterocycles. The topological polar surface area (TPSA) is 287 Å². The number of rotatable bonds is 15. The number of carbonyl (C=O) groups excluding carboxylic acids is 2. The average molecular weight is 416 g/mol. The molecule has 166 valence electrons. The Kier molecular flexibility index (Phi) is 12.8. The zero-order valence-electron chi connectivity index (χ0n) is 16.2. The molecule has 0 aromatic carbocycles. The van der Waals surface area contributed by atoms with Crippen LogP contribution in [0.4, 0.5) is 0 Å². The second-order valence-corrected chi connectivity index (χ2v) is 5.91. The summed E-state index contributed by atoms with van der Waals surface area (Å²) in [6, 6.07) is -1.63. The Morgan fingerprint density at radius 3 is 1.76 bits per heavy atom. The molecule has 2 atom stereocenters. The predicted molar refractivity (Wildman–Crippen MR) is 110 cm³/mol. The molecule has 0 spiro atoms. The SMILES string of the molecule is NC(=O)C(CCCN=C(N)N)NC(=O)C(CCCN=C(N)N)NCON=C(N)N. The van der Waals surface area contributed by atoms with E-state index in [1.54, 1.807) is 0 Å². The summed E-state index contributed by atoms with van der Waals surface area (Å²) in [7, 11) is 0. The van der Waals surface area contributed by atoms with Crippen LogP contribution in [0.1, 0.15) is 25.7 Å². The van der Waals surface area contributed by atoms with Crippen LogP contribution in [-0.4, -0.2) is 61.6 Å². The maximum Gasteiger partial charge on any atom is 0.240 e. The highest BCUT2D eigenvalue weighted by atomic mass is 16.6. The molecule has 0 fully saturated rings. The summed E-state index contributed by atoms with van der Waals surface area (Å²) in [5, 5.41) is 8.76. The van der Waals surface area contributed by atoms with E-state index in [1.165, 1.54) is 0 Å². The van der Waals surface area contributed by atoms with E-state index in [0.29, 0.717) is 32.4 Å². The van der Waals surface area contributed by atoms with Gasteiger partial charge in [0.05, 0.1) is 6.04 Å². The lowest BCUT2D eigenvalue weighted by Crippen LogP contribution is -2.52. The van der Waals surface area contributed by atoms with Gasteiger partial charge in [0.1, 0.15) is 6.04 Å². The molecule has 0 bridgehead atoms. The van der Waals surface area contributed by atoms with Crippen LogP contribution in [0.2, 0.25) is 0 Å². The third kappa shape index (κ3) is 14.3. The molecule has 2 unspecified atom stereocenters.